The SMILES string of the molecule is CCc1ccccc1NC(=O)N1CCC2(CC1)CN(CCOC)CC21CCN(CC)C1=O. The van der Waals surface area contributed by atoms with Gasteiger partial charge in [0.25, 0.3) is 0 Å². The largest absolute Gasteiger partial charge is 0.383 e. The molecular weight excluding hydrogens is 404 g/mol. The maximum absolute atomic E-state index is 13.6. The Kier molecular flexibility index (Phi) is 6.77. The molecule has 1 atom stereocenters. The van der Waals surface area contributed by atoms with Crippen molar-refractivity contribution in [2.24, 2.45) is 10.8 Å². The standard InChI is InChI=1S/C25H38N4O3/c1-4-20-8-6-7-9-21(20)26-23(31)29-13-10-24(11-14-29)18-27(16-17-32-3)19-25(24)12-15-28(5-2)22(25)30/h6-9H,4-5,10-19H2,1-3H3,(H,26,31). The van der Waals surface area contributed by atoms with Crippen LogP contribution in [0.15, 0.2) is 24.3 Å². The number of benzene rings is 1. The Morgan fingerprint density at radius 1 is 1.09 bits per heavy atom. The van der Waals surface area contributed by atoms with Gasteiger partial charge in [-0.1, -0.05) is 25.1 Å². The zero-order valence-electron chi connectivity index (χ0n) is 19.9. The van der Waals surface area contributed by atoms with Crippen molar-refractivity contribution in [3.63, 3.8) is 0 Å². The smallest absolute Gasteiger partial charge is 0.321 e. The van der Waals surface area contributed by atoms with E-state index in [1.807, 2.05) is 28.0 Å². The second kappa shape index (κ2) is 9.40. The molecule has 3 fully saturated rings. The number of methoxy groups -OCH3 is 1. The van der Waals surface area contributed by atoms with Crippen LogP contribution in [0.1, 0.15) is 38.7 Å². The number of likely N-dealkylation sites (tertiary alicyclic amines) is 3. The van der Waals surface area contributed by atoms with E-state index in [4.69, 9.17) is 4.74 Å². The van der Waals surface area contributed by atoms with Gasteiger partial charge in [-0.05, 0) is 44.2 Å². The van der Waals surface area contributed by atoms with Crippen molar-refractivity contribution in [3.05, 3.63) is 29.8 Å². The van der Waals surface area contributed by atoms with Gasteiger partial charge < -0.3 is 19.9 Å². The topological polar surface area (TPSA) is 65.1 Å². The third-order valence-corrected chi connectivity index (χ3v) is 8.18. The van der Waals surface area contributed by atoms with Crippen molar-refractivity contribution < 1.29 is 14.3 Å². The van der Waals surface area contributed by atoms with Gasteiger partial charge in [0.15, 0.2) is 0 Å². The lowest BCUT2D eigenvalue weighted by molar-refractivity contribution is -0.141. The highest BCUT2D eigenvalue weighted by molar-refractivity contribution is 5.90. The third-order valence-electron chi connectivity index (χ3n) is 8.18. The lowest BCUT2D eigenvalue weighted by Gasteiger charge is -2.47. The summed E-state index contributed by atoms with van der Waals surface area (Å²) < 4.78 is 5.33. The summed E-state index contributed by atoms with van der Waals surface area (Å²) in [5.41, 5.74) is 1.68. The fourth-order valence-electron chi connectivity index (χ4n) is 6.26. The van der Waals surface area contributed by atoms with Crippen molar-refractivity contribution in [1.29, 1.82) is 0 Å². The number of nitrogens with one attached hydrogen (secondary N) is 1. The Morgan fingerprint density at radius 2 is 1.84 bits per heavy atom. The fraction of sp³-hybridized carbons (Fsp3) is 0.680. The van der Waals surface area contributed by atoms with Gasteiger partial charge in [0.05, 0.1) is 12.0 Å². The van der Waals surface area contributed by atoms with E-state index < -0.39 is 0 Å². The number of hydrogen-bond donors (Lipinski definition) is 1. The predicted octanol–water partition coefficient (Wildman–Crippen LogP) is 3.06. The summed E-state index contributed by atoms with van der Waals surface area (Å²) in [6.45, 7) is 10.5. The van der Waals surface area contributed by atoms with Crippen molar-refractivity contribution >= 4 is 17.6 Å². The number of rotatable bonds is 6. The molecule has 7 nitrogen and oxygen atoms in total. The number of urea groups is 1. The number of amides is 3. The van der Waals surface area contributed by atoms with Crippen LogP contribution in [0.5, 0.6) is 0 Å². The molecule has 0 radical (unpaired) electrons. The number of carbonyl (C=O) groups excluding carboxylic acids is 2. The molecule has 0 aliphatic carbocycles. The minimum absolute atomic E-state index is 0.0306. The summed E-state index contributed by atoms with van der Waals surface area (Å²) in [7, 11) is 1.73. The van der Waals surface area contributed by atoms with Crippen molar-refractivity contribution in [1.82, 2.24) is 14.7 Å². The van der Waals surface area contributed by atoms with Gasteiger partial charge in [-0.3, -0.25) is 9.69 Å². The summed E-state index contributed by atoms with van der Waals surface area (Å²) in [6, 6.07) is 7.96. The first-order valence-electron chi connectivity index (χ1n) is 12.1. The molecule has 176 valence electrons. The van der Waals surface area contributed by atoms with E-state index in [0.717, 1.165) is 69.7 Å². The van der Waals surface area contributed by atoms with Gasteiger partial charge in [0.2, 0.25) is 5.91 Å². The third kappa shape index (κ3) is 3.90. The quantitative estimate of drug-likeness (QED) is 0.735. The van der Waals surface area contributed by atoms with E-state index in [1.54, 1.807) is 7.11 Å². The molecule has 1 N–H and O–H groups in total. The molecule has 1 aromatic rings. The van der Waals surface area contributed by atoms with Crippen molar-refractivity contribution in [2.75, 3.05) is 64.8 Å². The van der Waals surface area contributed by atoms with Crippen LogP contribution >= 0.6 is 0 Å². The Balaban J connectivity index is 1.48. The zero-order valence-corrected chi connectivity index (χ0v) is 19.9. The van der Waals surface area contributed by atoms with E-state index in [1.165, 1.54) is 0 Å². The van der Waals surface area contributed by atoms with Crippen LogP contribution in [-0.2, 0) is 16.0 Å². The van der Waals surface area contributed by atoms with Crippen molar-refractivity contribution in [3.8, 4) is 0 Å². The Hall–Kier alpha value is -2.12. The van der Waals surface area contributed by atoms with Gasteiger partial charge >= 0.3 is 6.03 Å². The fourth-order valence-corrected chi connectivity index (χ4v) is 6.26. The number of nitrogens with zero attached hydrogens (tertiary/aromatic N) is 3. The maximum atomic E-state index is 13.6. The highest BCUT2D eigenvalue weighted by Gasteiger charge is 2.64. The average molecular weight is 443 g/mol. The molecule has 7 heteroatoms. The van der Waals surface area contributed by atoms with Gasteiger partial charge in [0, 0.05) is 64.0 Å². The monoisotopic (exact) mass is 442 g/mol. The van der Waals surface area contributed by atoms with Gasteiger partial charge in [-0.15, -0.1) is 0 Å². The molecule has 3 aliphatic heterocycles. The average Bonchev–Trinajstić information content (AvgIpc) is 3.30. The van der Waals surface area contributed by atoms with Crippen LogP contribution < -0.4 is 5.32 Å². The van der Waals surface area contributed by atoms with Gasteiger partial charge in [0.1, 0.15) is 0 Å². The number of fused-ring (bicyclic) bond motifs is 1. The minimum atomic E-state index is -0.311. The second-order valence-electron chi connectivity index (χ2n) is 9.63. The minimum Gasteiger partial charge on any atom is -0.383 e. The molecule has 0 aromatic heterocycles. The maximum Gasteiger partial charge on any atom is 0.321 e. The Bertz CT molecular complexity index is 836. The lowest BCUT2D eigenvalue weighted by atomic mass is 9.60. The number of ether oxygens (including phenoxy) is 1. The first-order chi connectivity index (χ1) is 15.5. The number of anilines is 1. The highest BCUT2D eigenvalue weighted by Crippen LogP contribution is 2.57. The molecule has 2 spiro atoms. The summed E-state index contributed by atoms with van der Waals surface area (Å²) >= 11 is 0. The molecule has 0 saturated carbocycles. The van der Waals surface area contributed by atoms with Crippen LogP contribution in [0, 0.1) is 10.8 Å². The molecule has 3 heterocycles. The lowest BCUT2D eigenvalue weighted by Crippen LogP contribution is -2.54. The summed E-state index contributed by atoms with van der Waals surface area (Å²) in [4.78, 5) is 33.0. The number of carbonyl (C=O) groups is 2. The molecular formula is C25H38N4O3. The molecule has 32 heavy (non-hydrogen) atoms. The van der Waals surface area contributed by atoms with Crippen molar-refractivity contribution in [2.45, 2.75) is 39.5 Å². The Morgan fingerprint density at radius 3 is 2.50 bits per heavy atom. The Labute approximate surface area is 192 Å². The van der Waals surface area contributed by atoms with Crippen LogP contribution in [-0.4, -0.2) is 86.2 Å². The van der Waals surface area contributed by atoms with E-state index in [2.05, 4.69) is 30.1 Å². The summed E-state index contributed by atoms with van der Waals surface area (Å²) in [6.07, 6.45) is 3.57. The van der Waals surface area contributed by atoms with E-state index in [9.17, 15) is 9.59 Å². The summed E-state index contributed by atoms with van der Waals surface area (Å²) in [5, 5.41) is 3.12. The van der Waals surface area contributed by atoms with E-state index in [0.29, 0.717) is 25.6 Å². The zero-order chi connectivity index (χ0) is 22.8. The van der Waals surface area contributed by atoms with Crippen LogP contribution in [0.4, 0.5) is 10.5 Å². The first kappa shape index (κ1) is 23.1. The van der Waals surface area contributed by atoms with E-state index in [-0.39, 0.29) is 16.9 Å². The second-order valence-corrected chi connectivity index (χ2v) is 9.63. The van der Waals surface area contributed by atoms with Crippen LogP contribution in [0.2, 0.25) is 0 Å². The number of hydrogen-bond acceptors (Lipinski definition) is 4. The molecule has 1 unspecified atom stereocenters. The molecule has 1 aromatic carbocycles. The molecule has 3 saturated heterocycles. The van der Waals surface area contributed by atoms with Crippen LogP contribution in [0.3, 0.4) is 0 Å². The molecule has 3 amide bonds. The van der Waals surface area contributed by atoms with Gasteiger partial charge in [-0.2, -0.15) is 0 Å². The number of para-hydroxylation sites is 1. The number of piperidine rings is 1. The van der Waals surface area contributed by atoms with Gasteiger partial charge in [-0.25, -0.2) is 4.79 Å². The molecule has 3 aliphatic rings. The van der Waals surface area contributed by atoms with E-state index >= 15 is 0 Å². The summed E-state index contributed by atoms with van der Waals surface area (Å²) in [5.74, 6) is 0.328. The highest BCUT2D eigenvalue weighted by atomic mass is 16.5. The number of aryl methyl sites for hydroxylation is 1. The predicted molar refractivity (Wildman–Crippen MR) is 126 cm³/mol. The molecule has 4 rings (SSSR count). The van der Waals surface area contributed by atoms with Crippen LogP contribution in [0.25, 0.3) is 0 Å². The normalized spacial score (nSPS) is 25.3. The first-order valence-corrected chi connectivity index (χ1v) is 12.1. The molecule has 0 bridgehead atoms.